The number of pyridine rings is 1. The standard InChI is InChI=1S/C29H19N5O3/c35-28(33-25-12-6-7-15-30-25)22-17-19-16-20(13-14-24(19)37-29(22)36)31-27-21-10-4-5-11-23(21)32-26(34-27)18-8-2-1-3-9-18/h1-17H,(H,30,33,35)(H,31,32,34). The summed E-state index contributed by atoms with van der Waals surface area (Å²) in [6.07, 6.45) is 1.55. The fourth-order valence-corrected chi connectivity index (χ4v) is 4.00. The Hall–Kier alpha value is -5.37. The van der Waals surface area contributed by atoms with E-state index in [0.717, 1.165) is 16.5 Å². The van der Waals surface area contributed by atoms with Crippen LogP contribution in [0.1, 0.15) is 10.4 Å². The SMILES string of the molecule is O=C(Nc1ccccn1)c1cc2cc(Nc3nc(-c4ccccc4)nc4ccccc34)ccc2oc1=O. The fourth-order valence-electron chi connectivity index (χ4n) is 4.00. The lowest BCUT2D eigenvalue weighted by Gasteiger charge is -2.12. The van der Waals surface area contributed by atoms with Gasteiger partial charge in [-0.3, -0.25) is 4.79 Å². The van der Waals surface area contributed by atoms with Crippen molar-refractivity contribution in [3.63, 3.8) is 0 Å². The number of para-hydroxylation sites is 1. The third kappa shape index (κ3) is 4.51. The first kappa shape index (κ1) is 22.1. The molecule has 0 fully saturated rings. The van der Waals surface area contributed by atoms with E-state index in [-0.39, 0.29) is 5.56 Å². The second-order valence-corrected chi connectivity index (χ2v) is 8.27. The van der Waals surface area contributed by atoms with Gasteiger partial charge in [0.25, 0.3) is 5.91 Å². The normalized spacial score (nSPS) is 10.9. The van der Waals surface area contributed by atoms with Crippen LogP contribution in [-0.2, 0) is 0 Å². The largest absolute Gasteiger partial charge is 0.422 e. The molecule has 0 aliphatic carbocycles. The summed E-state index contributed by atoms with van der Waals surface area (Å²) < 4.78 is 5.41. The van der Waals surface area contributed by atoms with E-state index in [1.165, 1.54) is 6.07 Å². The van der Waals surface area contributed by atoms with Crippen LogP contribution in [0.2, 0.25) is 0 Å². The van der Waals surface area contributed by atoms with Crippen LogP contribution in [-0.4, -0.2) is 20.9 Å². The van der Waals surface area contributed by atoms with Crippen molar-refractivity contribution in [2.24, 2.45) is 0 Å². The number of aromatic nitrogens is 3. The lowest BCUT2D eigenvalue weighted by atomic mass is 10.1. The van der Waals surface area contributed by atoms with Crippen LogP contribution in [0.5, 0.6) is 0 Å². The number of amides is 1. The van der Waals surface area contributed by atoms with Crippen molar-refractivity contribution in [1.29, 1.82) is 0 Å². The molecule has 6 aromatic rings. The van der Waals surface area contributed by atoms with E-state index in [4.69, 9.17) is 14.4 Å². The number of benzene rings is 3. The van der Waals surface area contributed by atoms with E-state index in [9.17, 15) is 9.59 Å². The van der Waals surface area contributed by atoms with Gasteiger partial charge in [-0.2, -0.15) is 0 Å². The number of nitrogens with one attached hydrogen (secondary N) is 2. The zero-order chi connectivity index (χ0) is 25.2. The molecule has 0 saturated carbocycles. The molecule has 3 heterocycles. The summed E-state index contributed by atoms with van der Waals surface area (Å²) in [6, 6.07) is 29.4. The van der Waals surface area contributed by atoms with Crippen LogP contribution in [0.4, 0.5) is 17.3 Å². The molecule has 0 aliphatic rings. The Bertz CT molecular complexity index is 1820. The maximum atomic E-state index is 12.7. The minimum Gasteiger partial charge on any atom is -0.422 e. The zero-order valence-electron chi connectivity index (χ0n) is 19.4. The maximum Gasteiger partial charge on any atom is 0.349 e. The molecule has 0 aliphatic heterocycles. The van der Waals surface area contributed by atoms with Gasteiger partial charge in [0.1, 0.15) is 22.8 Å². The summed E-state index contributed by atoms with van der Waals surface area (Å²) in [7, 11) is 0. The molecule has 0 spiro atoms. The predicted molar refractivity (Wildman–Crippen MR) is 143 cm³/mol. The topological polar surface area (TPSA) is 110 Å². The Morgan fingerprint density at radius 3 is 2.46 bits per heavy atom. The van der Waals surface area contributed by atoms with Crippen molar-refractivity contribution in [3.05, 3.63) is 119 Å². The molecule has 3 aromatic heterocycles. The fraction of sp³-hybridized carbons (Fsp3) is 0. The van der Waals surface area contributed by atoms with E-state index in [2.05, 4.69) is 15.6 Å². The third-order valence-corrected chi connectivity index (χ3v) is 5.78. The molecule has 0 bridgehead atoms. The van der Waals surface area contributed by atoms with Crippen molar-refractivity contribution in [3.8, 4) is 11.4 Å². The molecular weight excluding hydrogens is 466 g/mol. The van der Waals surface area contributed by atoms with Crippen LogP contribution in [0, 0.1) is 0 Å². The average Bonchev–Trinajstić information content (AvgIpc) is 2.94. The van der Waals surface area contributed by atoms with Crippen LogP contribution in [0.3, 0.4) is 0 Å². The van der Waals surface area contributed by atoms with Crippen LogP contribution >= 0.6 is 0 Å². The number of hydrogen-bond acceptors (Lipinski definition) is 7. The lowest BCUT2D eigenvalue weighted by Crippen LogP contribution is -2.21. The number of hydrogen-bond donors (Lipinski definition) is 2. The monoisotopic (exact) mass is 485 g/mol. The highest BCUT2D eigenvalue weighted by Gasteiger charge is 2.15. The first-order valence-corrected chi connectivity index (χ1v) is 11.5. The third-order valence-electron chi connectivity index (χ3n) is 5.78. The quantitative estimate of drug-likeness (QED) is 0.297. The van der Waals surface area contributed by atoms with E-state index in [1.807, 2.05) is 54.6 Å². The number of carbonyl (C=O) groups is 1. The van der Waals surface area contributed by atoms with Crippen molar-refractivity contribution >= 4 is 45.1 Å². The average molecular weight is 486 g/mol. The summed E-state index contributed by atoms with van der Waals surface area (Å²) in [5.74, 6) is 0.977. The number of rotatable bonds is 5. The summed E-state index contributed by atoms with van der Waals surface area (Å²) >= 11 is 0. The minimum absolute atomic E-state index is 0.117. The van der Waals surface area contributed by atoms with Crippen LogP contribution in [0.25, 0.3) is 33.3 Å². The Balaban J connectivity index is 1.38. The number of nitrogens with zero attached hydrogens (tertiary/aromatic N) is 3. The Kier molecular flexibility index (Phi) is 5.59. The van der Waals surface area contributed by atoms with Crippen molar-refractivity contribution < 1.29 is 9.21 Å². The molecule has 3 aromatic carbocycles. The van der Waals surface area contributed by atoms with Crippen molar-refractivity contribution in [1.82, 2.24) is 15.0 Å². The molecule has 37 heavy (non-hydrogen) atoms. The second kappa shape index (κ2) is 9.35. The highest BCUT2D eigenvalue weighted by Crippen LogP contribution is 2.28. The number of fused-ring (bicyclic) bond motifs is 2. The van der Waals surface area contributed by atoms with Gasteiger partial charge in [0.15, 0.2) is 5.82 Å². The lowest BCUT2D eigenvalue weighted by molar-refractivity contribution is 0.102. The minimum atomic E-state index is -0.726. The Morgan fingerprint density at radius 2 is 1.62 bits per heavy atom. The smallest absolute Gasteiger partial charge is 0.349 e. The van der Waals surface area contributed by atoms with Crippen molar-refractivity contribution in [2.45, 2.75) is 0 Å². The second-order valence-electron chi connectivity index (χ2n) is 8.27. The van der Waals surface area contributed by atoms with E-state index in [0.29, 0.717) is 34.1 Å². The molecular formula is C29H19N5O3. The summed E-state index contributed by atoms with van der Waals surface area (Å²) in [6.45, 7) is 0. The first-order valence-electron chi connectivity index (χ1n) is 11.5. The summed E-state index contributed by atoms with van der Waals surface area (Å²) in [4.78, 5) is 38.8. The molecule has 178 valence electrons. The number of anilines is 3. The Morgan fingerprint density at radius 1 is 0.811 bits per heavy atom. The maximum absolute atomic E-state index is 12.7. The van der Waals surface area contributed by atoms with Gasteiger partial charge in [-0.05, 0) is 48.5 Å². The van der Waals surface area contributed by atoms with Crippen LogP contribution in [0.15, 0.2) is 112 Å². The predicted octanol–water partition coefficient (Wildman–Crippen LogP) is 5.79. The van der Waals surface area contributed by atoms with E-state index < -0.39 is 11.5 Å². The molecule has 2 N–H and O–H groups in total. The molecule has 1 amide bonds. The molecule has 0 saturated heterocycles. The number of carbonyl (C=O) groups excluding carboxylic acids is 1. The molecule has 8 nitrogen and oxygen atoms in total. The molecule has 0 unspecified atom stereocenters. The van der Waals surface area contributed by atoms with Gasteiger partial charge in [-0.1, -0.05) is 48.5 Å². The Labute approximate surface area is 210 Å². The molecule has 8 heteroatoms. The van der Waals surface area contributed by atoms with Crippen molar-refractivity contribution in [2.75, 3.05) is 10.6 Å². The molecule has 6 rings (SSSR count). The van der Waals surface area contributed by atoms with Crippen LogP contribution < -0.4 is 16.3 Å². The van der Waals surface area contributed by atoms with Gasteiger partial charge in [0, 0.05) is 28.2 Å². The van der Waals surface area contributed by atoms with Gasteiger partial charge in [-0.25, -0.2) is 19.7 Å². The first-order chi connectivity index (χ1) is 18.1. The summed E-state index contributed by atoms with van der Waals surface area (Å²) in [5.41, 5.74) is 1.94. The zero-order valence-corrected chi connectivity index (χ0v) is 19.4. The van der Waals surface area contributed by atoms with Gasteiger partial charge in [0.05, 0.1) is 5.52 Å². The highest BCUT2D eigenvalue weighted by atomic mass is 16.4. The molecule has 0 radical (unpaired) electrons. The summed E-state index contributed by atoms with van der Waals surface area (Å²) in [5, 5.41) is 7.43. The highest BCUT2D eigenvalue weighted by molar-refractivity contribution is 6.05. The van der Waals surface area contributed by atoms with Gasteiger partial charge in [-0.15, -0.1) is 0 Å². The molecule has 0 atom stereocenters. The van der Waals surface area contributed by atoms with Gasteiger partial charge >= 0.3 is 5.63 Å². The van der Waals surface area contributed by atoms with Gasteiger partial charge in [0.2, 0.25) is 0 Å². The van der Waals surface area contributed by atoms with E-state index >= 15 is 0 Å². The van der Waals surface area contributed by atoms with Gasteiger partial charge < -0.3 is 15.1 Å². The van der Waals surface area contributed by atoms with E-state index in [1.54, 1.807) is 42.6 Å².